The maximum atomic E-state index is 13.1. The molecule has 6 rings (SSSR count). The molecule has 3 amide bonds. The summed E-state index contributed by atoms with van der Waals surface area (Å²) in [5, 5.41) is 18.6. The third-order valence-corrected chi connectivity index (χ3v) is 8.51. The number of hydrogen-bond donors (Lipinski definition) is 4. The molecular formula is C33H39N9O4. The molecule has 1 unspecified atom stereocenters. The van der Waals surface area contributed by atoms with Crippen LogP contribution in [-0.4, -0.2) is 85.5 Å². The van der Waals surface area contributed by atoms with Crippen molar-refractivity contribution in [2.45, 2.75) is 57.5 Å². The molecule has 2 atom stereocenters. The number of likely N-dealkylation sites (tertiary alicyclic amines) is 1. The van der Waals surface area contributed by atoms with Gasteiger partial charge < -0.3 is 30.9 Å². The number of fused-ring (bicyclic) bond motifs is 1. The monoisotopic (exact) mass is 625 g/mol. The zero-order chi connectivity index (χ0) is 32.4. The number of hydrogen-bond acceptors (Lipinski definition) is 8. The first-order chi connectivity index (χ1) is 22.0. The number of piperidine rings is 1. The second-order valence-electron chi connectivity index (χ2n) is 12.9. The van der Waals surface area contributed by atoms with Gasteiger partial charge in [0.2, 0.25) is 17.7 Å². The van der Waals surface area contributed by atoms with E-state index in [-0.39, 0.29) is 35.9 Å². The summed E-state index contributed by atoms with van der Waals surface area (Å²) >= 11 is 0. The van der Waals surface area contributed by atoms with Crippen LogP contribution in [0.2, 0.25) is 0 Å². The molecule has 0 saturated carbocycles. The summed E-state index contributed by atoms with van der Waals surface area (Å²) in [7, 11) is 0. The largest absolute Gasteiger partial charge is 0.465 e. The van der Waals surface area contributed by atoms with Crippen molar-refractivity contribution in [2.24, 2.45) is 0 Å². The van der Waals surface area contributed by atoms with E-state index in [4.69, 9.17) is 10.1 Å². The Kier molecular flexibility index (Phi) is 8.48. The lowest BCUT2D eigenvalue weighted by atomic mass is 9.86. The Morgan fingerprint density at radius 2 is 1.50 bits per heavy atom. The Morgan fingerprint density at radius 3 is 2.13 bits per heavy atom. The third kappa shape index (κ3) is 6.87. The average Bonchev–Trinajstić information content (AvgIpc) is 3.71. The van der Waals surface area contributed by atoms with E-state index in [1.54, 1.807) is 41.1 Å². The van der Waals surface area contributed by atoms with E-state index in [2.05, 4.69) is 51.6 Å². The number of anilines is 3. The van der Waals surface area contributed by atoms with Gasteiger partial charge in [0, 0.05) is 67.5 Å². The van der Waals surface area contributed by atoms with E-state index < -0.39 is 6.09 Å². The van der Waals surface area contributed by atoms with Crippen LogP contribution in [0.4, 0.5) is 22.4 Å². The lowest BCUT2D eigenvalue weighted by Crippen LogP contribution is -2.48. The number of carbonyl (C=O) groups excluding carboxylic acids is 2. The van der Waals surface area contributed by atoms with Crippen molar-refractivity contribution in [3.63, 3.8) is 0 Å². The Bertz CT molecular complexity index is 1730. The van der Waals surface area contributed by atoms with Crippen LogP contribution in [0.3, 0.4) is 0 Å². The van der Waals surface area contributed by atoms with Gasteiger partial charge in [0.1, 0.15) is 0 Å². The smallest absolute Gasteiger partial charge is 0.407 e. The van der Waals surface area contributed by atoms with Crippen molar-refractivity contribution in [1.82, 2.24) is 34.9 Å². The van der Waals surface area contributed by atoms with Crippen molar-refractivity contribution in [2.75, 3.05) is 36.4 Å². The van der Waals surface area contributed by atoms with Crippen LogP contribution in [0.15, 0.2) is 60.9 Å². The predicted molar refractivity (Wildman–Crippen MR) is 174 cm³/mol. The Morgan fingerprint density at radius 1 is 0.848 bits per heavy atom. The molecule has 2 aliphatic rings. The summed E-state index contributed by atoms with van der Waals surface area (Å²) in [6.45, 7) is 8.46. The van der Waals surface area contributed by atoms with Crippen LogP contribution < -0.4 is 20.9 Å². The van der Waals surface area contributed by atoms with E-state index >= 15 is 0 Å². The molecule has 46 heavy (non-hydrogen) atoms. The van der Waals surface area contributed by atoms with E-state index in [1.807, 2.05) is 24.3 Å². The molecule has 2 aromatic heterocycles. The number of rotatable bonds is 7. The number of carbonyl (C=O) groups is 3. The minimum absolute atomic E-state index is 0.0203. The van der Waals surface area contributed by atoms with Crippen LogP contribution in [0, 0.1) is 0 Å². The molecule has 4 heterocycles. The van der Waals surface area contributed by atoms with Crippen LogP contribution in [-0.2, 0) is 5.41 Å². The molecule has 13 heteroatoms. The molecule has 4 N–H and O–H groups in total. The van der Waals surface area contributed by atoms with Gasteiger partial charge in [-0.05, 0) is 66.6 Å². The van der Waals surface area contributed by atoms with Crippen LogP contribution in [0.5, 0.6) is 0 Å². The molecule has 0 radical (unpaired) electrons. The summed E-state index contributed by atoms with van der Waals surface area (Å²) < 4.78 is 1.75. The quantitative estimate of drug-likeness (QED) is 0.238. The molecule has 0 bridgehead atoms. The Labute approximate surface area is 267 Å². The lowest BCUT2D eigenvalue weighted by Gasteiger charge is -2.33. The van der Waals surface area contributed by atoms with Crippen molar-refractivity contribution >= 4 is 41.3 Å². The van der Waals surface area contributed by atoms with Crippen LogP contribution in [0.1, 0.15) is 66.3 Å². The molecule has 0 spiro atoms. The fraction of sp³-hybridized carbons (Fsp3) is 0.394. The number of nitrogens with zero attached hydrogens (tertiary/aromatic N) is 6. The third-order valence-electron chi connectivity index (χ3n) is 8.51. The highest BCUT2D eigenvalue weighted by atomic mass is 16.4. The predicted octanol–water partition coefficient (Wildman–Crippen LogP) is 4.05. The fourth-order valence-corrected chi connectivity index (χ4v) is 5.86. The van der Waals surface area contributed by atoms with Gasteiger partial charge in [0.25, 0.3) is 11.8 Å². The maximum absolute atomic E-state index is 13.1. The van der Waals surface area contributed by atoms with E-state index in [1.165, 1.54) is 10.5 Å². The zero-order valence-corrected chi connectivity index (χ0v) is 26.2. The van der Waals surface area contributed by atoms with Crippen molar-refractivity contribution < 1.29 is 19.5 Å². The fourth-order valence-electron chi connectivity index (χ4n) is 5.86. The molecule has 2 aliphatic heterocycles. The first kappa shape index (κ1) is 30.8. The highest BCUT2D eigenvalue weighted by Gasteiger charge is 2.28. The van der Waals surface area contributed by atoms with Gasteiger partial charge in [-0.25, -0.2) is 9.78 Å². The second-order valence-corrected chi connectivity index (χ2v) is 12.9. The van der Waals surface area contributed by atoms with Gasteiger partial charge >= 0.3 is 6.09 Å². The highest BCUT2D eigenvalue weighted by molar-refractivity contribution is 5.95. The van der Waals surface area contributed by atoms with E-state index in [9.17, 15) is 14.4 Å². The normalized spacial score (nSPS) is 18.4. The Balaban J connectivity index is 1.11. The molecule has 13 nitrogen and oxygen atoms in total. The van der Waals surface area contributed by atoms with Gasteiger partial charge in [-0.1, -0.05) is 32.9 Å². The summed E-state index contributed by atoms with van der Waals surface area (Å²) in [5.41, 5.74) is 3.03. The molecule has 2 fully saturated rings. The van der Waals surface area contributed by atoms with Crippen LogP contribution >= 0.6 is 0 Å². The number of imidazole rings is 1. The van der Waals surface area contributed by atoms with Crippen molar-refractivity contribution in [3.05, 3.63) is 77.6 Å². The Hall–Kier alpha value is -5.20. The molecule has 2 aromatic carbocycles. The molecular weight excluding hydrogens is 586 g/mol. The highest BCUT2D eigenvalue weighted by Crippen LogP contribution is 2.24. The number of carboxylic acid groups (broad SMARTS) is 1. The maximum Gasteiger partial charge on any atom is 0.407 e. The summed E-state index contributed by atoms with van der Waals surface area (Å²) in [6.07, 6.45) is 4.78. The summed E-state index contributed by atoms with van der Waals surface area (Å²) in [4.78, 5) is 54.3. The SMILES string of the molecule is CC(C)(C)c1ccc(C(=O)N[C@@H]2CCCN(c3nc(Nc4ccc(C(=O)NC5CCN(C(=O)O)C5)cc4)n4ccnc4n3)C2)cc1. The van der Waals surface area contributed by atoms with Crippen molar-refractivity contribution in [3.8, 4) is 0 Å². The standard InChI is InChI=1S/C33H39N9O4/c1-33(2,3)23-10-6-21(7-11-23)27(43)35-25-5-4-16-40(19-25)30-38-29-34-15-18-42(29)31(39-30)37-24-12-8-22(9-13-24)28(44)36-26-14-17-41(20-26)32(45)46/h6-13,15,18,25-26H,4-5,14,16-17,19-20H2,1-3H3,(H,35,43)(H,36,44)(H,45,46)(H,34,37,38,39)/t25-,26?/m1/s1. The lowest BCUT2D eigenvalue weighted by molar-refractivity contribution is 0.0926. The zero-order valence-electron chi connectivity index (χ0n) is 26.2. The molecule has 240 valence electrons. The summed E-state index contributed by atoms with van der Waals surface area (Å²) in [6, 6.07) is 14.5. The minimum atomic E-state index is -0.975. The number of nitrogens with one attached hydrogen (secondary N) is 3. The minimum Gasteiger partial charge on any atom is -0.465 e. The van der Waals surface area contributed by atoms with Crippen molar-refractivity contribution in [1.29, 1.82) is 0 Å². The van der Waals surface area contributed by atoms with Gasteiger partial charge in [0.15, 0.2) is 0 Å². The van der Waals surface area contributed by atoms with Gasteiger partial charge in [-0.15, -0.1) is 0 Å². The van der Waals surface area contributed by atoms with Gasteiger partial charge in [0.05, 0.1) is 0 Å². The van der Waals surface area contributed by atoms with Gasteiger partial charge in [-0.2, -0.15) is 9.97 Å². The van der Waals surface area contributed by atoms with Crippen LogP contribution in [0.25, 0.3) is 5.78 Å². The van der Waals surface area contributed by atoms with E-state index in [0.29, 0.717) is 48.3 Å². The second kappa shape index (κ2) is 12.7. The van der Waals surface area contributed by atoms with E-state index in [0.717, 1.165) is 25.1 Å². The number of amides is 3. The summed E-state index contributed by atoms with van der Waals surface area (Å²) in [5.74, 6) is 1.17. The first-order valence-corrected chi connectivity index (χ1v) is 15.6. The topological polar surface area (TPSA) is 157 Å². The number of benzene rings is 2. The average molecular weight is 626 g/mol. The first-order valence-electron chi connectivity index (χ1n) is 15.6. The number of aromatic nitrogens is 4. The van der Waals surface area contributed by atoms with Gasteiger partial charge in [-0.3, -0.25) is 14.0 Å². The molecule has 4 aromatic rings. The molecule has 2 saturated heterocycles. The molecule has 0 aliphatic carbocycles.